The van der Waals surface area contributed by atoms with Crippen molar-refractivity contribution < 1.29 is 4.21 Å². The lowest BCUT2D eigenvalue weighted by molar-refractivity contribution is 0.681. The van der Waals surface area contributed by atoms with E-state index in [4.69, 9.17) is 5.26 Å². The third-order valence-electron chi connectivity index (χ3n) is 2.14. The zero-order valence-electron chi connectivity index (χ0n) is 8.94. The van der Waals surface area contributed by atoms with Gasteiger partial charge in [0.25, 0.3) is 0 Å². The minimum atomic E-state index is -2.46. The number of nitrogens with zero attached hydrogens (tertiary/aromatic N) is 2. The molecule has 1 heterocycles. The molecule has 0 aliphatic rings. The van der Waals surface area contributed by atoms with Crippen molar-refractivity contribution in [3.8, 4) is 6.19 Å². The van der Waals surface area contributed by atoms with Crippen LogP contribution in [0.4, 0.5) is 0 Å². The Morgan fingerprint density at radius 2 is 2.27 bits per heavy atom. The fraction of sp³-hybridized carbons (Fsp3) is 0.300. The van der Waals surface area contributed by atoms with Gasteiger partial charge in [-0.1, -0.05) is 6.07 Å². The van der Waals surface area contributed by atoms with E-state index >= 15 is 0 Å². The number of nitrogens with one attached hydrogen (secondary N) is 1. The maximum atomic E-state index is 12.0. The van der Waals surface area contributed by atoms with Crippen molar-refractivity contribution in [3.63, 3.8) is 0 Å². The molecule has 5 heteroatoms. The molecule has 0 saturated heterocycles. The summed E-state index contributed by atoms with van der Waals surface area (Å²) in [4.78, 5) is 4.75. The van der Waals surface area contributed by atoms with Crippen LogP contribution in [0.5, 0.6) is 0 Å². The van der Waals surface area contributed by atoms with Gasteiger partial charge in [0.2, 0.25) is 0 Å². The SMILES string of the molecule is CC(c1ccc(C)nc1)=S(C)(=O)NC#N. The summed E-state index contributed by atoms with van der Waals surface area (Å²) in [6, 6.07) is 3.70. The number of aryl methyl sites for hydroxylation is 1. The zero-order valence-corrected chi connectivity index (χ0v) is 9.76. The molecule has 1 rings (SSSR count). The average molecular weight is 223 g/mol. The third-order valence-corrected chi connectivity index (χ3v) is 4.03. The largest absolute Gasteiger partial charge is 0.261 e. The number of aromatic nitrogens is 1. The van der Waals surface area contributed by atoms with Gasteiger partial charge in [0.15, 0.2) is 6.19 Å². The van der Waals surface area contributed by atoms with Gasteiger partial charge in [-0.05, 0) is 19.9 Å². The van der Waals surface area contributed by atoms with Crippen molar-refractivity contribution in [1.82, 2.24) is 9.71 Å². The normalized spacial score (nSPS) is 13.7. The molecule has 0 amide bonds. The van der Waals surface area contributed by atoms with Crippen molar-refractivity contribution in [2.45, 2.75) is 13.8 Å². The molecule has 0 saturated carbocycles. The van der Waals surface area contributed by atoms with Gasteiger partial charge in [0.1, 0.15) is 0 Å². The molecular weight excluding hydrogens is 210 g/mol. The molecular formula is C10H13N3OS. The summed E-state index contributed by atoms with van der Waals surface area (Å²) >= 11 is 0. The second-order valence-corrected chi connectivity index (χ2v) is 5.81. The Balaban J connectivity index is 3.26. The Kier molecular flexibility index (Phi) is 3.32. The smallest absolute Gasteiger partial charge is 0.188 e. The van der Waals surface area contributed by atoms with Crippen LogP contribution in [0.25, 0.3) is 0 Å². The van der Waals surface area contributed by atoms with E-state index in [1.807, 2.05) is 19.1 Å². The topological polar surface area (TPSA) is 65.8 Å². The Hall–Kier alpha value is -1.54. The highest BCUT2D eigenvalue weighted by Gasteiger charge is 2.06. The molecule has 15 heavy (non-hydrogen) atoms. The van der Waals surface area contributed by atoms with Crippen LogP contribution in [0.15, 0.2) is 18.3 Å². The first-order valence-corrected chi connectivity index (χ1v) is 6.35. The Labute approximate surface area is 90.1 Å². The second kappa shape index (κ2) is 4.32. The van der Waals surface area contributed by atoms with Gasteiger partial charge >= 0.3 is 0 Å². The van der Waals surface area contributed by atoms with E-state index in [0.29, 0.717) is 4.86 Å². The number of pyridine rings is 1. The lowest BCUT2D eigenvalue weighted by atomic mass is 10.2. The lowest BCUT2D eigenvalue weighted by Gasteiger charge is -2.08. The second-order valence-electron chi connectivity index (χ2n) is 3.30. The molecule has 0 aromatic carbocycles. The molecule has 1 aromatic rings. The molecule has 80 valence electrons. The number of rotatable bonds is 2. The molecule has 0 aliphatic carbocycles. The highest BCUT2D eigenvalue weighted by atomic mass is 32.2. The van der Waals surface area contributed by atoms with Gasteiger partial charge in [0.05, 0.1) is 9.71 Å². The van der Waals surface area contributed by atoms with Gasteiger partial charge in [-0.25, -0.2) is 8.93 Å². The van der Waals surface area contributed by atoms with E-state index in [9.17, 15) is 4.21 Å². The highest BCUT2D eigenvalue weighted by Crippen LogP contribution is 2.03. The molecule has 0 radical (unpaired) electrons. The Bertz CT molecular complexity index is 504. The van der Waals surface area contributed by atoms with Crippen LogP contribution in [0.3, 0.4) is 0 Å². The molecule has 4 nitrogen and oxygen atoms in total. The van der Waals surface area contributed by atoms with E-state index in [1.165, 1.54) is 6.26 Å². The molecule has 1 N–H and O–H groups in total. The minimum Gasteiger partial charge on any atom is -0.261 e. The summed E-state index contributed by atoms with van der Waals surface area (Å²) in [7, 11) is -2.46. The first-order chi connectivity index (χ1) is 6.97. The quantitative estimate of drug-likeness (QED) is 0.349. The first-order valence-electron chi connectivity index (χ1n) is 4.39. The van der Waals surface area contributed by atoms with E-state index in [-0.39, 0.29) is 0 Å². The standard InChI is InChI=1S/C10H13N3OS/c1-8-4-5-10(6-12-8)9(2)15(3,14)13-7-11/h4-6H,1-3H3,(H,13,14). The zero-order chi connectivity index (χ0) is 11.5. The number of hydrogen-bond donors (Lipinski definition) is 1. The van der Waals surface area contributed by atoms with E-state index < -0.39 is 9.71 Å². The predicted molar refractivity (Wildman–Crippen MR) is 61.6 cm³/mol. The summed E-state index contributed by atoms with van der Waals surface area (Å²) < 4.78 is 14.3. The first kappa shape index (κ1) is 11.5. The average Bonchev–Trinajstić information content (AvgIpc) is 2.18. The monoisotopic (exact) mass is 223 g/mol. The molecule has 1 atom stereocenters. The summed E-state index contributed by atoms with van der Waals surface area (Å²) in [5.74, 6) is 0. The van der Waals surface area contributed by atoms with Crippen molar-refractivity contribution in [1.29, 1.82) is 5.26 Å². The van der Waals surface area contributed by atoms with Crippen LogP contribution >= 0.6 is 0 Å². The molecule has 0 bridgehead atoms. The van der Waals surface area contributed by atoms with Gasteiger partial charge in [0, 0.05) is 28.6 Å². The maximum absolute atomic E-state index is 12.0. The summed E-state index contributed by atoms with van der Waals surface area (Å²) in [5.41, 5.74) is 1.69. The third kappa shape index (κ3) is 2.70. The summed E-state index contributed by atoms with van der Waals surface area (Å²) in [6.45, 7) is 3.62. The minimum absolute atomic E-state index is 0.636. The van der Waals surface area contributed by atoms with Gasteiger partial charge in [-0.3, -0.25) is 4.98 Å². The van der Waals surface area contributed by atoms with Gasteiger partial charge in [-0.15, -0.1) is 0 Å². The van der Waals surface area contributed by atoms with E-state index in [2.05, 4.69) is 9.71 Å². The highest BCUT2D eigenvalue weighted by molar-refractivity contribution is 8.00. The van der Waals surface area contributed by atoms with Crippen LogP contribution in [0, 0.1) is 18.4 Å². The van der Waals surface area contributed by atoms with Gasteiger partial charge < -0.3 is 0 Å². The Morgan fingerprint density at radius 3 is 2.73 bits per heavy atom. The fourth-order valence-corrected chi connectivity index (χ4v) is 1.96. The van der Waals surface area contributed by atoms with Crippen molar-refractivity contribution in [3.05, 3.63) is 29.6 Å². The van der Waals surface area contributed by atoms with Crippen molar-refractivity contribution in [2.75, 3.05) is 6.26 Å². The number of nitriles is 1. The Morgan fingerprint density at radius 1 is 1.60 bits per heavy atom. The van der Waals surface area contributed by atoms with Crippen LogP contribution in [0.2, 0.25) is 0 Å². The number of hydrogen-bond acceptors (Lipinski definition) is 3. The molecule has 0 fully saturated rings. The molecule has 0 aliphatic heterocycles. The van der Waals surface area contributed by atoms with Gasteiger partial charge in [-0.2, -0.15) is 5.26 Å². The van der Waals surface area contributed by atoms with Crippen LogP contribution in [-0.4, -0.2) is 20.3 Å². The van der Waals surface area contributed by atoms with Crippen LogP contribution in [-0.2, 0) is 9.71 Å². The van der Waals surface area contributed by atoms with E-state index in [0.717, 1.165) is 11.3 Å². The van der Waals surface area contributed by atoms with Crippen molar-refractivity contribution >= 4 is 14.6 Å². The maximum Gasteiger partial charge on any atom is 0.188 e. The summed E-state index contributed by atoms with van der Waals surface area (Å²) in [5, 5.41) is 8.47. The van der Waals surface area contributed by atoms with E-state index in [1.54, 1.807) is 19.3 Å². The lowest BCUT2D eigenvalue weighted by Crippen LogP contribution is -2.24. The van der Waals surface area contributed by atoms with Crippen molar-refractivity contribution in [2.24, 2.45) is 0 Å². The fourth-order valence-electron chi connectivity index (χ4n) is 1.06. The molecule has 1 unspecified atom stereocenters. The van der Waals surface area contributed by atoms with Crippen LogP contribution in [0.1, 0.15) is 18.2 Å². The predicted octanol–water partition coefficient (Wildman–Crippen LogP) is 0.830. The summed E-state index contributed by atoms with van der Waals surface area (Å²) in [6.07, 6.45) is 4.87. The molecule has 0 spiro atoms. The molecule has 1 aromatic heterocycles. The van der Waals surface area contributed by atoms with Crippen LogP contribution < -0.4 is 4.72 Å².